The van der Waals surface area contributed by atoms with Gasteiger partial charge in [0.25, 0.3) is 0 Å². The van der Waals surface area contributed by atoms with Crippen LogP contribution in [0.2, 0.25) is 0 Å². The summed E-state index contributed by atoms with van der Waals surface area (Å²) in [7, 11) is 0. The molecule has 0 atom stereocenters. The Labute approximate surface area is 141 Å². The molecule has 0 aliphatic heterocycles. The zero-order valence-corrected chi connectivity index (χ0v) is 13.5. The average Bonchev–Trinajstić information content (AvgIpc) is 2.57. The lowest BCUT2D eigenvalue weighted by molar-refractivity contribution is 0.0501. The van der Waals surface area contributed by atoms with Crippen molar-refractivity contribution in [2.75, 3.05) is 23.0 Å². The summed E-state index contributed by atoms with van der Waals surface area (Å²) >= 11 is 0. The maximum Gasteiger partial charge on any atom is 0.340 e. The number of para-hydroxylation sites is 1. The van der Waals surface area contributed by atoms with E-state index in [1.165, 1.54) is 0 Å². The fraction of sp³-hybridized carbons (Fsp3) is 0.222. The molecule has 0 saturated heterocycles. The van der Waals surface area contributed by atoms with Gasteiger partial charge in [-0.1, -0.05) is 25.5 Å². The van der Waals surface area contributed by atoms with E-state index in [0.29, 0.717) is 29.2 Å². The first-order valence-corrected chi connectivity index (χ1v) is 7.80. The number of ether oxygens (including phenoxy) is 1. The maximum atomic E-state index is 12.1. The number of nitrogens with two attached hydrogens (primary N) is 1. The zero-order valence-electron chi connectivity index (χ0n) is 13.5. The summed E-state index contributed by atoms with van der Waals surface area (Å²) < 4.78 is 5.20. The minimum atomic E-state index is -0.452. The van der Waals surface area contributed by atoms with Crippen LogP contribution in [0.15, 0.2) is 48.5 Å². The van der Waals surface area contributed by atoms with Gasteiger partial charge in [0.2, 0.25) is 0 Å². The van der Waals surface area contributed by atoms with Gasteiger partial charge in [0.15, 0.2) is 0 Å². The molecule has 0 spiro atoms. The van der Waals surface area contributed by atoms with Crippen LogP contribution in [0.25, 0.3) is 0 Å². The Bertz CT molecular complexity index is 699. The van der Waals surface area contributed by atoms with Crippen LogP contribution >= 0.6 is 0 Å². The van der Waals surface area contributed by atoms with E-state index in [1.54, 1.807) is 48.5 Å². The molecule has 6 heteroatoms. The molecular formula is C18H21N3O3. The second-order valence-corrected chi connectivity index (χ2v) is 5.24. The number of esters is 1. The quantitative estimate of drug-likeness (QED) is 0.426. The average molecular weight is 327 g/mol. The van der Waals surface area contributed by atoms with Crippen molar-refractivity contribution in [2.45, 2.75) is 19.8 Å². The Morgan fingerprint density at radius 3 is 2.46 bits per heavy atom. The first-order valence-electron chi connectivity index (χ1n) is 7.80. The Kier molecular flexibility index (Phi) is 6.19. The van der Waals surface area contributed by atoms with Crippen LogP contribution in [-0.4, -0.2) is 18.6 Å². The first-order chi connectivity index (χ1) is 11.6. The number of unbranched alkanes of at least 4 members (excludes halogenated alkanes) is 1. The van der Waals surface area contributed by atoms with Gasteiger partial charge in [-0.25, -0.2) is 9.59 Å². The van der Waals surface area contributed by atoms with Crippen molar-refractivity contribution in [2.24, 2.45) is 0 Å². The highest BCUT2D eigenvalue weighted by atomic mass is 16.5. The van der Waals surface area contributed by atoms with Crippen molar-refractivity contribution in [1.82, 2.24) is 0 Å². The number of urea groups is 1. The zero-order chi connectivity index (χ0) is 17.4. The van der Waals surface area contributed by atoms with E-state index < -0.39 is 12.0 Å². The highest BCUT2D eigenvalue weighted by Gasteiger charge is 2.14. The van der Waals surface area contributed by atoms with Gasteiger partial charge in [0.05, 0.1) is 17.9 Å². The van der Waals surface area contributed by atoms with Gasteiger partial charge < -0.3 is 21.1 Å². The molecule has 2 rings (SSSR count). The number of nitrogens with one attached hydrogen (secondary N) is 2. The molecule has 0 aliphatic carbocycles. The lowest BCUT2D eigenvalue weighted by atomic mass is 10.2. The maximum absolute atomic E-state index is 12.1. The van der Waals surface area contributed by atoms with Crippen molar-refractivity contribution < 1.29 is 14.3 Å². The molecular weight excluding hydrogens is 306 g/mol. The molecule has 0 unspecified atom stereocenters. The fourth-order valence-electron chi connectivity index (χ4n) is 2.01. The molecule has 0 aromatic heterocycles. The molecule has 0 saturated carbocycles. The van der Waals surface area contributed by atoms with Crippen LogP contribution in [0.5, 0.6) is 0 Å². The van der Waals surface area contributed by atoms with Crippen LogP contribution in [0.1, 0.15) is 30.1 Å². The van der Waals surface area contributed by atoms with E-state index in [9.17, 15) is 9.59 Å². The van der Waals surface area contributed by atoms with Gasteiger partial charge in [-0.15, -0.1) is 0 Å². The molecule has 0 aliphatic rings. The third-order valence-corrected chi connectivity index (χ3v) is 3.29. The Morgan fingerprint density at radius 2 is 1.75 bits per heavy atom. The van der Waals surface area contributed by atoms with E-state index in [0.717, 1.165) is 12.8 Å². The van der Waals surface area contributed by atoms with Gasteiger partial charge in [0.1, 0.15) is 0 Å². The van der Waals surface area contributed by atoms with E-state index in [1.807, 2.05) is 6.92 Å². The summed E-state index contributed by atoms with van der Waals surface area (Å²) in [5.41, 5.74) is 7.53. The van der Waals surface area contributed by atoms with Crippen molar-refractivity contribution >= 4 is 29.1 Å². The number of hydrogen-bond acceptors (Lipinski definition) is 4. The third kappa shape index (κ3) is 5.01. The van der Waals surface area contributed by atoms with Crippen molar-refractivity contribution in [3.8, 4) is 0 Å². The second kappa shape index (κ2) is 8.57. The number of carbonyl (C=O) groups is 2. The van der Waals surface area contributed by atoms with Gasteiger partial charge in [-0.05, 0) is 42.8 Å². The predicted octanol–water partition coefficient (Wildman–Crippen LogP) is 3.87. The summed E-state index contributed by atoms with van der Waals surface area (Å²) in [5.74, 6) is -0.452. The number of benzene rings is 2. The fourth-order valence-corrected chi connectivity index (χ4v) is 2.01. The highest BCUT2D eigenvalue weighted by molar-refractivity contribution is 6.05. The molecule has 0 bridgehead atoms. The van der Waals surface area contributed by atoms with Crippen LogP contribution in [0.3, 0.4) is 0 Å². The van der Waals surface area contributed by atoms with Gasteiger partial charge in [-0.3, -0.25) is 0 Å². The van der Waals surface area contributed by atoms with Gasteiger partial charge in [0, 0.05) is 11.4 Å². The molecule has 6 nitrogen and oxygen atoms in total. The minimum Gasteiger partial charge on any atom is -0.462 e. The predicted molar refractivity (Wildman–Crippen MR) is 95.1 cm³/mol. The highest BCUT2D eigenvalue weighted by Crippen LogP contribution is 2.17. The van der Waals surface area contributed by atoms with Crippen LogP contribution in [0, 0.1) is 0 Å². The lowest BCUT2D eigenvalue weighted by Crippen LogP contribution is -2.21. The van der Waals surface area contributed by atoms with Crippen LogP contribution in [0.4, 0.5) is 21.9 Å². The SMILES string of the molecule is CCCCOC(=O)c1ccccc1NC(=O)Nc1ccc(N)cc1. The minimum absolute atomic E-state index is 0.320. The summed E-state index contributed by atoms with van der Waals surface area (Å²) in [6.45, 7) is 2.38. The number of carbonyl (C=O) groups excluding carboxylic acids is 2. The smallest absolute Gasteiger partial charge is 0.340 e. The number of rotatable bonds is 6. The number of amides is 2. The Balaban J connectivity index is 2.02. The number of hydrogen-bond donors (Lipinski definition) is 3. The van der Waals surface area contributed by atoms with Crippen molar-refractivity contribution in [3.05, 3.63) is 54.1 Å². The largest absolute Gasteiger partial charge is 0.462 e. The molecule has 2 aromatic rings. The normalized spacial score (nSPS) is 10.0. The monoisotopic (exact) mass is 327 g/mol. The van der Waals surface area contributed by atoms with Gasteiger partial charge >= 0.3 is 12.0 Å². The first kappa shape index (κ1) is 17.3. The molecule has 0 radical (unpaired) electrons. The topological polar surface area (TPSA) is 93.4 Å². The second-order valence-electron chi connectivity index (χ2n) is 5.24. The molecule has 24 heavy (non-hydrogen) atoms. The van der Waals surface area contributed by atoms with Crippen molar-refractivity contribution in [1.29, 1.82) is 0 Å². The van der Waals surface area contributed by atoms with E-state index >= 15 is 0 Å². The third-order valence-electron chi connectivity index (χ3n) is 3.29. The molecule has 2 amide bonds. The lowest BCUT2D eigenvalue weighted by Gasteiger charge is -2.12. The molecule has 126 valence electrons. The molecule has 2 aromatic carbocycles. The van der Waals surface area contributed by atoms with Crippen molar-refractivity contribution in [3.63, 3.8) is 0 Å². The Hall–Kier alpha value is -3.02. The van der Waals surface area contributed by atoms with Gasteiger partial charge in [-0.2, -0.15) is 0 Å². The summed E-state index contributed by atoms with van der Waals surface area (Å²) in [6.07, 6.45) is 1.75. The molecule has 0 fully saturated rings. The summed E-state index contributed by atoms with van der Waals surface area (Å²) in [6, 6.07) is 13.0. The van der Waals surface area contributed by atoms with E-state index in [4.69, 9.17) is 10.5 Å². The summed E-state index contributed by atoms with van der Waals surface area (Å²) in [5, 5.41) is 5.34. The van der Waals surface area contributed by atoms with Crippen LogP contribution < -0.4 is 16.4 Å². The molecule has 0 heterocycles. The standard InChI is InChI=1S/C18H21N3O3/c1-2-3-12-24-17(22)15-6-4-5-7-16(15)21-18(23)20-14-10-8-13(19)9-11-14/h4-11H,2-3,12,19H2,1H3,(H2,20,21,23). The number of nitrogen functional groups attached to an aromatic ring is 1. The number of anilines is 3. The van der Waals surface area contributed by atoms with Crippen LogP contribution in [-0.2, 0) is 4.74 Å². The Morgan fingerprint density at radius 1 is 1.04 bits per heavy atom. The van der Waals surface area contributed by atoms with E-state index in [2.05, 4.69) is 10.6 Å². The van der Waals surface area contributed by atoms with E-state index in [-0.39, 0.29) is 0 Å². The molecule has 4 N–H and O–H groups in total. The summed E-state index contributed by atoms with van der Waals surface area (Å²) in [4.78, 5) is 24.2.